The highest BCUT2D eigenvalue weighted by Gasteiger charge is 2.38. The lowest BCUT2D eigenvalue weighted by molar-refractivity contribution is -0.128. The molecule has 2 unspecified atom stereocenters. The van der Waals surface area contributed by atoms with Crippen molar-refractivity contribution in [3.8, 4) is 0 Å². The third-order valence-electron chi connectivity index (χ3n) is 3.38. The van der Waals surface area contributed by atoms with Gasteiger partial charge in [0.2, 0.25) is 5.91 Å². The van der Waals surface area contributed by atoms with E-state index >= 15 is 0 Å². The molecule has 1 amide bonds. The number of carbonyl (C=O) groups excluding carboxylic acids is 1. The van der Waals surface area contributed by atoms with Crippen LogP contribution in [0.1, 0.15) is 13.3 Å². The number of rotatable bonds is 6. The summed E-state index contributed by atoms with van der Waals surface area (Å²) < 4.78 is 2.24. The zero-order valence-electron chi connectivity index (χ0n) is 12.8. The number of dihydropyridines is 1. The van der Waals surface area contributed by atoms with Gasteiger partial charge in [0.1, 0.15) is 19.6 Å². The van der Waals surface area contributed by atoms with Crippen molar-refractivity contribution in [2.24, 2.45) is 0 Å². The van der Waals surface area contributed by atoms with Gasteiger partial charge in [-0.1, -0.05) is 52.0 Å². The number of thioether (sulfide) groups is 2. The average Bonchev–Trinajstić information content (AvgIpc) is 2.83. The Balaban J connectivity index is 2.18. The summed E-state index contributed by atoms with van der Waals surface area (Å²) in [5, 5.41) is 4.90. The van der Waals surface area contributed by atoms with E-state index in [9.17, 15) is 4.79 Å². The molecular weight excluding hydrogens is 580 g/mol. The van der Waals surface area contributed by atoms with Crippen molar-refractivity contribution in [1.29, 1.82) is 0 Å². The van der Waals surface area contributed by atoms with E-state index in [4.69, 9.17) is 11.6 Å². The second-order valence-electron chi connectivity index (χ2n) is 4.81. The normalized spacial score (nSPS) is 23.9. The minimum Gasteiger partial charge on any atom is -0.376 e. The van der Waals surface area contributed by atoms with Gasteiger partial charge in [0.05, 0.1) is 22.9 Å². The van der Waals surface area contributed by atoms with Gasteiger partial charge >= 0.3 is 0 Å². The standard InChI is InChI=1S/C14H18ClI2N3OS2/c1-3-19(10(21)6-8-22-2)14-11(15)20(17)13(23-14)9-5-4-7-18-12(9)16/h4-5,7,12-13,18H,3,6,8H2,1-2H3. The van der Waals surface area contributed by atoms with E-state index in [1.165, 1.54) is 5.57 Å². The lowest BCUT2D eigenvalue weighted by Gasteiger charge is -2.27. The maximum atomic E-state index is 12.5. The molecule has 0 aliphatic carbocycles. The van der Waals surface area contributed by atoms with Gasteiger partial charge in [-0.2, -0.15) is 11.8 Å². The summed E-state index contributed by atoms with van der Waals surface area (Å²) in [6, 6.07) is 0. The number of allylic oxidation sites excluding steroid dienone is 2. The zero-order chi connectivity index (χ0) is 17.0. The first kappa shape index (κ1) is 20.1. The number of hydrogen-bond acceptors (Lipinski definition) is 5. The van der Waals surface area contributed by atoms with E-state index in [2.05, 4.69) is 56.8 Å². The van der Waals surface area contributed by atoms with Crippen LogP contribution < -0.4 is 5.32 Å². The molecule has 1 N–H and O–H groups in total. The van der Waals surface area contributed by atoms with Crippen LogP contribution in [0.3, 0.4) is 0 Å². The monoisotopic (exact) mass is 597 g/mol. The number of hydrogen-bond donors (Lipinski definition) is 1. The fraction of sp³-hybridized carbons (Fsp3) is 0.500. The van der Waals surface area contributed by atoms with Crippen LogP contribution in [-0.4, -0.2) is 41.9 Å². The number of nitrogens with zero attached hydrogens (tertiary/aromatic N) is 2. The van der Waals surface area contributed by atoms with Gasteiger partial charge in [0.15, 0.2) is 0 Å². The van der Waals surface area contributed by atoms with Crippen molar-refractivity contribution in [2.45, 2.75) is 22.8 Å². The highest BCUT2D eigenvalue weighted by Crippen LogP contribution is 2.48. The Kier molecular flexibility index (Phi) is 8.23. The van der Waals surface area contributed by atoms with Crippen molar-refractivity contribution < 1.29 is 4.79 Å². The predicted molar refractivity (Wildman–Crippen MR) is 119 cm³/mol. The van der Waals surface area contributed by atoms with Crippen molar-refractivity contribution in [1.82, 2.24) is 13.3 Å². The van der Waals surface area contributed by atoms with Crippen LogP contribution in [0.4, 0.5) is 0 Å². The minimum absolute atomic E-state index is 0.0971. The van der Waals surface area contributed by atoms with Crippen molar-refractivity contribution >= 4 is 86.5 Å². The molecule has 128 valence electrons. The Morgan fingerprint density at radius 1 is 1.61 bits per heavy atom. The Morgan fingerprint density at radius 2 is 2.35 bits per heavy atom. The van der Waals surface area contributed by atoms with Crippen LogP contribution in [0.25, 0.3) is 0 Å². The van der Waals surface area contributed by atoms with E-state index in [0.29, 0.717) is 18.1 Å². The third kappa shape index (κ3) is 4.68. The van der Waals surface area contributed by atoms with E-state index in [0.717, 1.165) is 10.8 Å². The molecule has 2 rings (SSSR count). The molecule has 0 aromatic carbocycles. The number of halogens is 3. The Labute approximate surface area is 178 Å². The molecule has 0 aromatic heterocycles. The smallest absolute Gasteiger partial charge is 0.228 e. The zero-order valence-corrected chi connectivity index (χ0v) is 19.5. The third-order valence-corrected chi connectivity index (χ3v) is 8.59. The fourth-order valence-corrected chi connectivity index (χ4v) is 6.35. The second kappa shape index (κ2) is 9.44. The lowest BCUT2D eigenvalue weighted by Crippen LogP contribution is -2.32. The van der Waals surface area contributed by atoms with Crippen molar-refractivity contribution in [2.75, 3.05) is 18.6 Å². The molecule has 0 fully saturated rings. The molecule has 2 atom stereocenters. The molecule has 0 spiro atoms. The van der Waals surface area contributed by atoms with Crippen LogP contribution in [0, 0.1) is 0 Å². The molecule has 0 saturated heterocycles. The molecule has 0 radical (unpaired) electrons. The number of carbonyl (C=O) groups is 1. The highest BCUT2D eigenvalue weighted by atomic mass is 127. The quantitative estimate of drug-likeness (QED) is 0.212. The first-order valence-electron chi connectivity index (χ1n) is 7.08. The van der Waals surface area contributed by atoms with Crippen LogP contribution in [0.5, 0.6) is 0 Å². The van der Waals surface area contributed by atoms with Crippen LogP contribution in [0.2, 0.25) is 0 Å². The van der Waals surface area contributed by atoms with Gasteiger partial charge in [-0.15, -0.1) is 0 Å². The first-order valence-corrected chi connectivity index (χ1v) is 11.9. The number of amides is 1. The summed E-state index contributed by atoms with van der Waals surface area (Å²) in [4.78, 5) is 14.3. The SMILES string of the molecule is CCN(C(=O)CCSC)C1=C(Cl)N(I)C(C2=CC=CNC2I)S1. The van der Waals surface area contributed by atoms with E-state index in [1.54, 1.807) is 23.5 Å². The molecule has 0 saturated carbocycles. The van der Waals surface area contributed by atoms with Gasteiger partial charge in [0, 0.05) is 18.7 Å². The summed E-state index contributed by atoms with van der Waals surface area (Å²) >= 11 is 14.5. The molecule has 2 heterocycles. The van der Waals surface area contributed by atoms with E-state index in [-0.39, 0.29) is 15.3 Å². The summed E-state index contributed by atoms with van der Waals surface area (Å²) in [6.45, 7) is 2.62. The first-order chi connectivity index (χ1) is 11.0. The van der Waals surface area contributed by atoms with Crippen LogP contribution in [-0.2, 0) is 4.79 Å². The van der Waals surface area contributed by atoms with Gasteiger partial charge in [0.25, 0.3) is 0 Å². The number of alkyl halides is 1. The van der Waals surface area contributed by atoms with Crippen LogP contribution >= 0.6 is 80.6 Å². The minimum atomic E-state index is 0.0971. The van der Waals surface area contributed by atoms with E-state index < -0.39 is 0 Å². The van der Waals surface area contributed by atoms with E-state index in [1.807, 2.05) is 33.5 Å². The van der Waals surface area contributed by atoms with Gasteiger partial charge < -0.3 is 10.2 Å². The highest BCUT2D eigenvalue weighted by molar-refractivity contribution is 14.1. The molecule has 2 aliphatic rings. The van der Waals surface area contributed by atoms with Gasteiger partial charge in [-0.05, 0) is 31.0 Å². The van der Waals surface area contributed by atoms with Gasteiger partial charge in [-0.25, -0.2) is 0 Å². The fourth-order valence-electron chi connectivity index (χ4n) is 2.21. The maximum absolute atomic E-state index is 12.5. The summed E-state index contributed by atoms with van der Waals surface area (Å²) in [5.74, 6) is 0.965. The Bertz CT molecular complexity index is 556. The topological polar surface area (TPSA) is 35.6 Å². The van der Waals surface area contributed by atoms with Crippen molar-refractivity contribution in [3.05, 3.63) is 34.1 Å². The van der Waals surface area contributed by atoms with Crippen LogP contribution in [0.15, 0.2) is 34.1 Å². The molecule has 0 bridgehead atoms. The molecule has 0 aromatic rings. The van der Waals surface area contributed by atoms with Gasteiger partial charge in [-0.3, -0.25) is 7.91 Å². The summed E-state index contributed by atoms with van der Waals surface area (Å²) in [5.41, 5.74) is 1.24. The molecule has 9 heteroatoms. The maximum Gasteiger partial charge on any atom is 0.228 e. The average molecular weight is 598 g/mol. The molecule has 4 nitrogen and oxygen atoms in total. The largest absolute Gasteiger partial charge is 0.376 e. The summed E-state index contributed by atoms with van der Waals surface area (Å²) in [7, 11) is 0. The summed E-state index contributed by atoms with van der Waals surface area (Å²) in [6.07, 6.45) is 8.62. The van der Waals surface area contributed by atoms with Crippen molar-refractivity contribution in [3.63, 3.8) is 0 Å². The Hall–Kier alpha value is 0.740. The second-order valence-corrected chi connectivity index (χ2v) is 9.51. The lowest BCUT2D eigenvalue weighted by atomic mass is 10.2. The Morgan fingerprint density at radius 3 is 2.96 bits per heavy atom. The predicted octanol–water partition coefficient (Wildman–Crippen LogP) is 4.48. The molecule has 23 heavy (non-hydrogen) atoms. The number of nitrogens with one attached hydrogen (secondary N) is 1. The molecule has 2 aliphatic heterocycles. The molecular formula is C14H18ClI2N3OS2.